The Hall–Kier alpha value is -2.37. The Kier molecular flexibility index (Phi) is 3.74. The highest BCUT2D eigenvalue weighted by Gasteiger charge is 2.44. The van der Waals surface area contributed by atoms with Crippen molar-refractivity contribution in [3.05, 3.63) is 29.8 Å². The maximum Gasteiger partial charge on any atom is 0.304 e. The zero-order chi connectivity index (χ0) is 14.9. The molecule has 0 saturated heterocycles. The Bertz CT molecular complexity index is 568. The number of ether oxygens (including phenoxy) is 2. The average molecular weight is 277 g/mol. The smallest absolute Gasteiger partial charge is 0.304 e. The fraction of sp³-hybridized carbons (Fsp3) is 0.357. The van der Waals surface area contributed by atoms with Gasteiger partial charge in [0.25, 0.3) is 0 Å². The molecule has 20 heavy (non-hydrogen) atoms. The highest BCUT2D eigenvalue weighted by atomic mass is 16.6. The summed E-state index contributed by atoms with van der Waals surface area (Å²) in [7, 11) is 0. The summed E-state index contributed by atoms with van der Waals surface area (Å²) in [6.45, 7) is 3.87. The number of esters is 2. The van der Waals surface area contributed by atoms with Crippen molar-refractivity contribution in [2.75, 3.05) is 4.90 Å². The van der Waals surface area contributed by atoms with Gasteiger partial charge in [-0.15, -0.1) is 0 Å². The summed E-state index contributed by atoms with van der Waals surface area (Å²) in [5, 5.41) is 0. The third kappa shape index (κ3) is 2.49. The van der Waals surface area contributed by atoms with Crippen molar-refractivity contribution >= 4 is 23.5 Å². The van der Waals surface area contributed by atoms with Crippen LogP contribution in [-0.2, 0) is 23.9 Å². The monoisotopic (exact) mass is 277 g/mol. The molecule has 0 saturated carbocycles. The average Bonchev–Trinajstić information content (AvgIpc) is 2.62. The predicted octanol–water partition coefficient (Wildman–Crippen LogP) is 1.55. The highest BCUT2D eigenvalue weighted by Crippen LogP contribution is 2.42. The van der Waals surface area contributed by atoms with Crippen LogP contribution >= 0.6 is 0 Å². The van der Waals surface area contributed by atoms with E-state index in [0.29, 0.717) is 11.3 Å². The molecule has 0 N–H and O–H groups in total. The summed E-state index contributed by atoms with van der Waals surface area (Å²) in [4.78, 5) is 35.7. The van der Waals surface area contributed by atoms with Crippen LogP contribution in [0.5, 0.6) is 0 Å². The summed E-state index contributed by atoms with van der Waals surface area (Å²) in [5.74, 6) is -1.35. The van der Waals surface area contributed by atoms with E-state index in [2.05, 4.69) is 0 Å². The first-order chi connectivity index (χ1) is 9.41. The fourth-order valence-corrected chi connectivity index (χ4v) is 2.31. The van der Waals surface area contributed by atoms with Crippen molar-refractivity contribution in [1.82, 2.24) is 0 Å². The number of carbonyl (C=O) groups excluding carboxylic acids is 3. The predicted molar refractivity (Wildman–Crippen MR) is 69.7 cm³/mol. The summed E-state index contributed by atoms with van der Waals surface area (Å²) in [5.41, 5.74) is 1.22. The molecule has 1 heterocycles. The molecule has 1 aliphatic heterocycles. The van der Waals surface area contributed by atoms with E-state index in [0.717, 1.165) is 0 Å². The molecule has 1 amide bonds. The van der Waals surface area contributed by atoms with Gasteiger partial charge in [0.1, 0.15) is 0 Å². The number of para-hydroxylation sites is 1. The molecule has 0 aliphatic carbocycles. The second kappa shape index (κ2) is 5.32. The van der Waals surface area contributed by atoms with Crippen LogP contribution in [0, 0.1) is 0 Å². The molecule has 2 atom stereocenters. The topological polar surface area (TPSA) is 72.9 Å². The lowest BCUT2D eigenvalue weighted by molar-refractivity contribution is -0.165. The fourth-order valence-electron chi connectivity index (χ4n) is 2.31. The van der Waals surface area contributed by atoms with Gasteiger partial charge in [-0.3, -0.25) is 19.3 Å². The van der Waals surface area contributed by atoms with E-state index in [1.807, 2.05) is 0 Å². The number of carbonyl (C=O) groups is 3. The van der Waals surface area contributed by atoms with Crippen LogP contribution in [0.3, 0.4) is 0 Å². The molecule has 0 radical (unpaired) electrons. The Labute approximate surface area is 116 Å². The van der Waals surface area contributed by atoms with Crippen LogP contribution in [-0.4, -0.2) is 24.1 Å². The lowest BCUT2D eigenvalue weighted by Gasteiger charge is -2.26. The third-order valence-corrected chi connectivity index (χ3v) is 2.94. The minimum atomic E-state index is -0.966. The number of nitrogens with zero attached hydrogens (tertiary/aromatic N) is 1. The number of hydrogen-bond donors (Lipinski definition) is 0. The first-order valence-electron chi connectivity index (χ1n) is 6.15. The molecule has 2 rings (SSSR count). The van der Waals surface area contributed by atoms with Crippen LogP contribution in [0.1, 0.15) is 32.4 Å². The highest BCUT2D eigenvalue weighted by molar-refractivity contribution is 5.95. The Morgan fingerprint density at radius 2 is 1.60 bits per heavy atom. The number of rotatable bonds is 2. The zero-order valence-corrected chi connectivity index (χ0v) is 11.5. The third-order valence-electron chi connectivity index (χ3n) is 2.94. The molecule has 0 spiro atoms. The summed E-state index contributed by atoms with van der Waals surface area (Å²) >= 11 is 0. The molecule has 1 aromatic rings. The lowest BCUT2D eigenvalue weighted by atomic mass is 10.1. The standard InChI is InChI=1S/C14H15NO5/c1-8(16)15-12-7-5-4-6-11(12)13(19-9(2)17)14(15)20-10(3)18/h4-7,13-14H,1-3H3/t13-,14+/m0/s1. The molecule has 0 unspecified atom stereocenters. The van der Waals surface area contributed by atoms with E-state index in [4.69, 9.17) is 9.47 Å². The first kappa shape index (κ1) is 14.0. The van der Waals surface area contributed by atoms with Crippen molar-refractivity contribution < 1.29 is 23.9 Å². The number of amides is 1. The molecule has 6 nitrogen and oxygen atoms in total. The van der Waals surface area contributed by atoms with E-state index in [9.17, 15) is 14.4 Å². The van der Waals surface area contributed by atoms with Gasteiger partial charge < -0.3 is 9.47 Å². The molecule has 0 bridgehead atoms. The van der Waals surface area contributed by atoms with Crippen LogP contribution in [0.15, 0.2) is 24.3 Å². The van der Waals surface area contributed by atoms with Gasteiger partial charge >= 0.3 is 11.9 Å². The first-order valence-corrected chi connectivity index (χ1v) is 6.15. The van der Waals surface area contributed by atoms with Crippen LogP contribution < -0.4 is 4.90 Å². The second-order valence-electron chi connectivity index (χ2n) is 4.48. The second-order valence-corrected chi connectivity index (χ2v) is 4.48. The summed E-state index contributed by atoms with van der Waals surface area (Å²) in [6, 6.07) is 6.98. The van der Waals surface area contributed by atoms with Gasteiger partial charge in [-0.05, 0) is 6.07 Å². The maximum absolute atomic E-state index is 11.8. The largest absolute Gasteiger partial charge is 0.451 e. The molecule has 6 heteroatoms. The molecular weight excluding hydrogens is 262 g/mol. The van der Waals surface area contributed by atoms with Gasteiger partial charge in [0.15, 0.2) is 6.10 Å². The van der Waals surface area contributed by atoms with Crippen molar-refractivity contribution in [3.8, 4) is 0 Å². The van der Waals surface area contributed by atoms with Gasteiger partial charge in [0.2, 0.25) is 12.1 Å². The normalized spacial score (nSPS) is 20.2. The van der Waals surface area contributed by atoms with E-state index >= 15 is 0 Å². The SMILES string of the molecule is CC(=O)O[C@@H]1[C@@H](OC(C)=O)c2ccccc2N1C(C)=O. The van der Waals surface area contributed by atoms with Crippen molar-refractivity contribution in [1.29, 1.82) is 0 Å². The number of fused-ring (bicyclic) bond motifs is 1. The van der Waals surface area contributed by atoms with E-state index in [-0.39, 0.29) is 5.91 Å². The van der Waals surface area contributed by atoms with Crippen molar-refractivity contribution in [3.63, 3.8) is 0 Å². The van der Waals surface area contributed by atoms with E-state index in [1.165, 1.54) is 25.7 Å². The lowest BCUT2D eigenvalue weighted by Crippen LogP contribution is -2.41. The molecule has 1 aliphatic rings. The van der Waals surface area contributed by atoms with Gasteiger partial charge in [-0.1, -0.05) is 18.2 Å². The van der Waals surface area contributed by atoms with Crippen LogP contribution in [0.2, 0.25) is 0 Å². The van der Waals surface area contributed by atoms with E-state index in [1.54, 1.807) is 24.3 Å². The Morgan fingerprint density at radius 1 is 1.00 bits per heavy atom. The molecule has 1 aromatic carbocycles. The Balaban J connectivity index is 2.48. The van der Waals surface area contributed by atoms with E-state index < -0.39 is 24.3 Å². The minimum absolute atomic E-state index is 0.293. The van der Waals surface area contributed by atoms with Crippen LogP contribution in [0.4, 0.5) is 5.69 Å². The molecular formula is C14H15NO5. The number of benzene rings is 1. The Morgan fingerprint density at radius 3 is 2.15 bits per heavy atom. The van der Waals surface area contributed by atoms with Crippen LogP contribution in [0.25, 0.3) is 0 Å². The van der Waals surface area contributed by atoms with Crippen molar-refractivity contribution in [2.24, 2.45) is 0 Å². The molecule has 106 valence electrons. The van der Waals surface area contributed by atoms with Gasteiger partial charge in [-0.25, -0.2) is 0 Å². The molecule has 0 aromatic heterocycles. The number of anilines is 1. The minimum Gasteiger partial charge on any atom is -0.451 e. The number of hydrogen-bond acceptors (Lipinski definition) is 5. The van der Waals surface area contributed by atoms with Crippen molar-refractivity contribution in [2.45, 2.75) is 33.1 Å². The maximum atomic E-state index is 11.8. The zero-order valence-electron chi connectivity index (χ0n) is 11.5. The summed E-state index contributed by atoms with van der Waals surface area (Å²) < 4.78 is 10.4. The van der Waals surface area contributed by atoms with Gasteiger partial charge in [0, 0.05) is 26.3 Å². The summed E-state index contributed by atoms with van der Waals surface area (Å²) in [6.07, 6.45) is -1.78. The van der Waals surface area contributed by atoms with Gasteiger partial charge in [-0.2, -0.15) is 0 Å². The quantitative estimate of drug-likeness (QED) is 0.767. The molecule has 0 fully saturated rings. The van der Waals surface area contributed by atoms with Gasteiger partial charge in [0.05, 0.1) is 5.69 Å².